The van der Waals surface area contributed by atoms with Crippen molar-refractivity contribution >= 4 is 33.2 Å². The molecule has 3 rings (SSSR count). The van der Waals surface area contributed by atoms with Crippen LogP contribution in [0.5, 0.6) is 0 Å². The van der Waals surface area contributed by atoms with Crippen LogP contribution >= 0.6 is 23.2 Å². The third-order valence-corrected chi connectivity index (χ3v) is 6.52. The van der Waals surface area contributed by atoms with Crippen molar-refractivity contribution in [2.24, 2.45) is 11.8 Å². The van der Waals surface area contributed by atoms with E-state index < -0.39 is 10.0 Å². The number of hydrogen-bond donors (Lipinski definition) is 1. The van der Waals surface area contributed by atoms with Crippen LogP contribution in [0.4, 0.5) is 0 Å². The largest absolute Gasteiger partial charge is 0.216 e. The van der Waals surface area contributed by atoms with Crippen molar-refractivity contribution in [1.82, 2.24) is 4.72 Å². The van der Waals surface area contributed by atoms with Crippen molar-refractivity contribution < 1.29 is 8.42 Å². The Morgan fingerprint density at radius 1 is 1.15 bits per heavy atom. The summed E-state index contributed by atoms with van der Waals surface area (Å²) in [4.78, 5) is 0. The Bertz CT molecular complexity index is 618. The molecule has 3 nitrogen and oxygen atoms in total. The van der Waals surface area contributed by atoms with E-state index in [1.807, 2.05) is 0 Å². The average molecular weight is 334 g/mol. The quantitative estimate of drug-likeness (QED) is 0.914. The molecule has 2 bridgehead atoms. The van der Waals surface area contributed by atoms with Crippen molar-refractivity contribution in [2.75, 3.05) is 0 Å². The Morgan fingerprint density at radius 3 is 2.55 bits per heavy atom. The highest BCUT2D eigenvalue weighted by molar-refractivity contribution is 7.88. The maximum atomic E-state index is 12.2. The summed E-state index contributed by atoms with van der Waals surface area (Å²) >= 11 is 11.8. The van der Waals surface area contributed by atoms with Gasteiger partial charge in [-0.05, 0) is 48.8 Å². The fourth-order valence-corrected chi connectivity index (χ4v) is 5.28. The van der Waals surface area contributed by atoms with E-state index in [0.717, 1.165) is 18.8 Å². The van der Waals surface area contributed by atoms with Gasteiger partial charge in [0.25, 0.3) is 0 Å². The van der Waals surface area contributed by atoms with Crippen LogP contribution in [0, 0.1) is 11.8 Å². The van der Waals surface area contributed by atoms with Gasteiger partial charge >= 0.3 is 0 Å². The first-order valence-corrected chi connectivity index (χ1v) is 9.28. The zero-order valence-corrected chi connectivity index (χ0v) is 13.3. The molecule has 0 aliphatic heterocycles. The van der Waals surface area contributed by atoms with Gasteiger partial charge in [-0.15, -0.1) is 0 Å². The summed E-state index contributed by atoms with van der Waals surface area (Å²) in [7, 11) is -3.32. The van der Waals surface area contributed by atoms with Crippen molar-refractivity contribution in [3.8, 4) is 0 Å². The molecule has 20 heavy (non-hydrogen) atoms. The summed E-state index contributed by atoms with van der Waals surface area (Å²) in [6.45, 7) is 0. The molecule has 1 N–H and O–H groups in total. The maximum Gasteiger partial charge on any atom is 0.216 e. The minimum absolute atomic E-state index is 0.0439. The molecule has 1 aromatic rings. The Balaban J connectivity index is 1.67. The van der Waals surface area contributed by atoms with Crippen molar-refractivity contribution in [2.45, 2.75) is 37.5 Å². The number of benzene rings is 1. The molecule has 0 amide bonds. The summed E-state index contributed by atoms with van der Waals surface area (Å²) in [5.41, 5.74) is 0.662. The lowest BCUT2D eigenvalue weighted by Crippen LogP contribution is -2.39. The van der Waals surface area contributed by atoms with E-state index in [1.54, 1.807) is 18.2 Å². The number of hydrogen-bond acceptors (Lipinski definition) is 2. The second kappa shape index (κ2) is 5.48. The maximum absolute atomic E-state index is 12.2. The molecule has 6 heteroatoms. The summed E-state index contributed by atoms with van der Waals surface area (Å²) in [5.74, 6) is 1.21. The van der Waals surface area contributed by atoms with E-state index in [-0.39, 0.29) is 11.8 Å². The van der Waals surface area contributed by atoms with Gasteiger partial charge in [-0.25, -0.2) is 13.1 Å². The van der Waals surface area contributed by atoms with Gasteiger partial charge in [-0.1, -0.05) is 35.7 Å². The molecule has 2 aliphatic carbocycles. The van der Waals surface area contributed by atoms with E-state index in [0.29, 0.717) is 21.5 Å². The van der Waals surface area contributed by atoms with Crippen LogP contribution in [0.3, 0.4) is 0 Å². The molecule has 0 heterocycles. The molecule has 2 aliphatic rings. The van der Waals surface area contributed by atoms with E-state index in [4.69, 9.17) is 23.2 Å². The van der Waals surface area contributed by atoms with Crippen molar-refractivity contribution in [3.63, 3.8) is 0 Å². The summed E-state index contributed by atoms with van der Waals surface area (Å²) in [6.07, 6.45) is 4.59. The lowest BCUT2D eigenvalue weighted by Gasteiger charge is -2.22. The zero-order chi connectivity index (χ0) is 14.3. The highest BCUT2D eigenvalue weighted by Gasteiger charge is 2.41. The highest BCUT2D eigenvalue weighted by Crippen LogP contribution is 2.44. The third-order valence-electron chi connectivity index (χ3n) is 4.41. The van der Waals surface area contributed by atoms with Gasteiger partial charge in [0.05, 0.1) is 15.8 Å². The normalized spacial score (nSPS) is 29.0. The predicted octanol–water partition coefficient (Wildman–Crippen LogP) is 3.60. The molecule has 0 unspecified atom stereocenters. The fourth-order valence-electron chi connectivity index (χ4n) is 3.51. The second-order valence-corrected chi connectivity index (χ2v) is 8.48. The number of nitrogens with one attached hydrogen (secondary N) is 1. The van der Waals surface area contributed by atoms with Gasteiger partial charge in [-0.3, -0.25) is 0 Å². The average Bonchev–Trinajstić information content (AvgIpc) is 2.95. The van der Waals surface area contributed by atoms with E-state index in [2.05, 4.69) is 4.72 Å². The lowest BCUT2D eigenvalue weighted by molar-refractivity contribution is 0.390. The topological polar surface area (TPSA) is 46.2 Å². The summed E-state index contributed by atoms with van der Waals surface area (Å²) < 4.78 is 27.3. The first-order valence-electron chi connectivity index (χ1n) is 6.87. The summed E-state index contributed by atoms with van der Waals surface area (Å²) in [6, 6.07) is 5.08. The summed E-state index contributed by atoms with van der Waals surface area (Å²) in [5, 5.41) is 0.827. The predicted molar refractivity (Wildman–Crippen MR) is 81.5 cm³/mol. The van der Waals surface area contributed by atoms with Crippen LogP contribution in [-0.2, 0) is 15.8 Å². The van der Waals surface area contributed by atoms with E-state index in [1.165, 1.54) is 12.8 Å². The minimum atomic E-state index is -3.32. The molecule has 110 valence electrons. The molecule has 2 saturated carbocycles. The van der Waals surface area contributed by atoms with Crippen molar-refractivity contribution in [3.05, 3.63) is 33.8 Å². The Kier molecular flexibility index (Phi) is 4.01. The van der Waals surface area contributed by atoms with Gasteiger partial charge < -0.3 is 0 Å². The van der Waals surface area contributed by atoms with Crippen LogP contribution in [-0.4, -0.2) is 14.5 Å². The zero-order valence-electron chi connectivity index (χ0n) is 11.0. The van der Waals surface area contributed by atoms with Crippen LogP contribution in [0.2, 0.25) is 10.0 Å². The highest BCUT2D eigenvalue weighted by atomic mass is 35.5. The molecule has 0 saturated heterocycles. The number of sulfonamides is 1. The number of fused-ring (bicyclic) bond motifs is 2. The van der Waals surface area contributed by atoms with E-state index >= 15 is 0 Å². The molecular formula is C14H17Cl2NO2S. The molecule has 2 fully saturated rings. The molecule has 0 spiro atoms. The first-order chi connectivity index (χ1) is 9.43. The smallest absolute Gasteiger partial charge is 0.212 e. The molecule has 0 radical (unpaired) electrons. The van der Waals surface area contributed by atoms with Gasteiger partial charge in [0.2, 0.25) is 10.0 Å². The van der Waals surface area contributed by atoms with Gasteiger partial charge in [0.15, 0.2) is 0 Å². The Morgan fingerprint density at radius 2 is 1.95 bits per heavy atom. The second-order valence-electron chi connectivity index (χ2n) is 5.91. The van der Waals surface area contributed by atoms with E-state index in [9.17, 15) is 8.42 Å². The van der Waals surface area contributed by atoms with Crippen LogP contribution in [0.1, 0.15) is 31.2 Å². The first kappa shape index (κ1) is 14.6. The van der Waals surface area contributed by atoms with Crippen LogP contribution in [0.15, 0.2) is 18.2 Å². The monoisotopic (exact) mass is 333 g/mol. The minimum Gasteiger partial charge on any atom is -0.212 e. The lowest BCUT2D eigenvalue weighted by atomic mass is 9.96. The standard InChI is InChI=1S/C14H17Cl2NO2S/c15-12-4-2-10(6-13(12)16)8-20(18,19)17-14-7-9-1-3-11(14)5-9/h2,4,6,9,11,14,17H,1,3,5,7-8H2/t9-,11-,14-/m1/s1. The van der Waals surface area contributed by atoms with Crippen LogP contribution in [0.25, 0.3) is 0 Å². The SMILES string of the molecule is O=S(=O)(Cc1ccc(Cl)c(Cl)c1)N[C@@H]1C[C@@H]2CC[C@@H]1C2. The van der Waals surface area contributed by atoms with Gasteiger partial charge in [-0.2, -0.15) is 0 Å². The Hall–Kier alpha value is -0.290. The Labute approximate surface area is 129 Å². The molecule has 3 atom stereocenters. The molecule has 1 aromatic carbocycles. The van der Waals surface area contributed by atoms with Gasteiger partial charge in [0.1, 0.15) is 0 Å². The fraction of sp³-hybridized carbons (Fsp3) is 0.571. The number of rotatable bonds is 4. The third kappa shape index (κ3) is 3.14. The van der Waals surface area contributed by atoms with Crippen molar-refractivity contribution in [1.29, 1.82) is 0 Å². The molecule has 0 aromatic heterocycles. The van der Waals surface area contributed by atoms with Gasteiger partial charge in [0, 0.05) is 6.04 Å². The number of halogens is 2. The molecular weight excluding hydrogens is 317 g/mol. The van der Waals surface area contributed by atoms with Crippen LogP contribution < -0.4 is 4.72 Å².